The summed E-state index contributed by atoms with van der Waals surface area (Å²) in [6.45, 7) is 4.36. The molecule has 0 aromatic carbocycles. The number of rotatable bonds is 3. The van der Waals surface area contributed by atoms with E-state index >= 15 is 0 Å². The van der Waals surface area contributed by atoms with E-state index in [1.807, 2.05) is 25.2 Å². The first-order chi connectivity index (χ1) is 8.17. The Labute approximate surface area is 103 Å². The third-order valence-electron chi connectivity index (χ3n) is 3.71. The number of hydrogen-bond acceptors (Lipinski definition) is 4. The first-order valence-electron chi connectivity index (χ1n) is 6.12. The van der Waals surface area contributed by atoms with E-state index in [0.717, 1.165) is 31.7 Å². The predicted octanol–water partition coefficient (Wildman–Crippen LogP) is 1.67. The normalized spacial score (nSPS) is 19.1. The van der Waals surface area contributed by atoms with Gasteiger partial charge in [0.25, 0.3) is 0 Å². The van der Waals surface area contributed by atoms with Crippen LogP contribution in [-0.2, 0) is 0 Å². The van der Waals surface area contributed by atoms with Gasteiger partial charge in [0.1, 0.15) is 5.82 Å². The molecule has 1 aliphatic rings. The first-order valence-corrected chi connectivity index (χ1v) is 6.12. The number of methoxy groups -OCH3 is 1. The molecule has 4 nitrogen and oxygen atoms in total. The van der Waals surface area contributed by atoms with Crippen molar-refractivity contribution in [2.75, 3.05) is 32.1 Å². The van der Waals surface area contributed by atoms with Gasteiger partial charge in [0.05, 0.1) is 7.11 Å². The lowest BCUT2D eigenvalue weighted by atomic mass is 9.90. The van der Waals surface area contributed by atoms with Crippen LogP contribution >= 0.6 is 0 Å². The molecular formula is C13H21N3O. The lowest BCUT2D eigenvalue weighted by molar-refractivity contribution is 0.304. The highest BCUT2D eigenvalue weighted by Gasteiger charge is 2.28. The average molecular weight is 235 g/mol. The van der Waals surface area contributed by atoms with Crippen LogP contribution in [0.15, 0.2) is 18.2 Å². The van der Waals surface area contributed by atoms with Gasteiger partial charge in [-0.2, -0.15) is 4.98 Å². The topological polar surface area (TPSA) is 37.4 Å². The van der Waals surface area contributed by atoms with Crippen LogP contribution in [-0.4, -0.2) is 37.8 Å². The van der Waals surface area contributed by atoms with E-state index in [1.54, 1.807) is 7.11 Å². The molecule has 0 amide bonds. The molecule has 17 heavy (non-hydrogen) atoms. The molecule has 1 aromatic heterocycles. The fourth-order valence-corrected chi connectivity index (χ4v) is 2.17. The number of aromatic nitrogens is 1. The smallest absolute Gasteiger partial charge is 0.214 e. The average Bonchev–Trinajstić information content (AvgIpc) is 2.40. The van der Waals surface area contributed by atoms with Crippen molar-refractivity contribution in [2.45, 2.75) is 25.3 Å². The standard InChI is InChI=1S/C13H21N3O/c1-13(14-2)7-9-16(10-8-13)11-5-4-6-12(15-11)17-3/h4-6,14H,7-10H2,1-3H3. The zero-order valence-electron chi connectivity index (χ0n) is 10.9. The Bertz CT molecular complexity index is 373. The number of nitrogens with zero attached hydrogens (tertiary/aromatic N) is 2. The molecule has 1 aliphatic heterocycles. The van der Waals surface area contributed by atoms with Gasteiger partial charge in [-0.25, -0.2) is 0 Å². The van der Waals surface area contributed by atoms with Crippen molar-refractivity contribution < 1.29 is 4.74 Å². The first kappa shape index (κ1) is 12.2. The number of piperidine rings is 1. The lowest BCUT2D eigenvalue weighted by Gasteiger charge is -2.39. The number of nitrogens with one attached hydrogen (secondary N) is 1. The minimum absolute atomic E-state index is 0.273. The molecule has 4 heteroatoms. The van der Waals surface area contributed by atoms with E-state index in [0.29, 0.717) is 5.88 Å². The fraction of sp³-hybridized carbons (Fsp3) is 0.615. The maximum atomic E-state index is 5.16. The van der Waals surface area contributed by atoms with Crippen LogP contribution < -0.4 is 15.0 Å². The molecule has 2 heterocycles. The van der Waals surface area contributed by atoms with Gasteiger partial charge < -0.3 is 15.0 Å². The van der Waals surface area contributed by atoms with Crippen molar-refractivity contribution in [1.82, 2.24) is 10.3 Å². The van der Waals surface area contributed by atoms with Crippen molar-refractivity contribution in [2.24, 2.45) is 0 Å². The summed E-state index contributed by atoms with van der Waals surface area (Å²) in [5.41, 5.74) is 0.273. The van der Waals surface area contributed by atoms with Crippen molar-refractivity contribution in [3.8, 4) is 5.88 Å². The maximum absolute atomic E-state index is 5.16. The van der Waals surface area contributed by atoms with E-state index in [1.165, 1.54) is 0 Å². The number of ether oxygens (including phenoxy) is 1. The Kier molecular flexibility index (Phi) is 3.52. The van der Waals surface area contributed by atoms with Crippen molar-refractivity contribution in [3.63, 3.8) is 0 Å². The molecule has 0 saturated carbocycles. The summed E-state index contributed by atoms with van der Waals surface area (Å²) >= 11 is 0. The molecule has 1 N–H and O–H groups in total. The molecule has 1 aromatic rings. The monoisotopic (exact) mass is 235 g/mol. The Balaban J connectivity index is 2.05. The highest BCUT2D eigenvalue weighted by molar-refractivity contribution is 5.41. The van der Waals surface area contributed by atoms with Crippen LogP contribution in [0.3, 0.4) is 0 Å². The Hall–Kier alpha value is -1.29. The van der Waals surface area contributed by atoms with Gasteiger partial charge in [0.15, 0.2) is 0 Å². The van der Waals surface area contributed by atoms with Crippen LogP contribution in [0.5, 0.6) is 5.88 Å². The second kappa shape index (κ2) is 4.92. The molecule has 1 fully saturated rings. The van der Waals surface area contributed by atoms with E-state index in [2.05, 4.69) is 22.1 Å². The summed E-state index contributed by atoms with van der Waals surface area (Å²) in [7, 11) is 3.69. The van der Waals surface area contributed by atoms with Crippen molar-refractivity contribution in [3.05, 3.63) is 18.2 Å². The van der Waals surface area contributed by atoms with Gasteiger partial charge in [-0.05, 0) is 32.9 Å². The third-order valence-corrected chi connectivity index (χ3v) is 3.71. The second-order valence-electron chi connectivity index (χ2n) is 4.84. The summed E-state index contributed by atoms with van der Waals surface area (Å²) in [6.07, 6.45) is 2.28. The van der Waals surface area contributed by atoms with E-state index in [-0.39, 0.29) is 5.54 Å². The van der Waals surface area contributed by atoms with Gasteiger partial charge in [0, 0.05) is 24.7 Å². The summed E-state index contributed by atoms with van der Waals surface area (Å²) in [4.78, 5) is 6.79. The zero-order valence-corrected chi connectivity index (χ0v) is 10.9. The van der Waals surface area contributed by atoms with E-state index in [4.69, 9.17) is 4.74 Å². The molecule has 0 aliphatic carbocycles. The quantitative estimate of drug-likeness (QED) is 0.864. The lowest BCUT2D eigenvalue weighted by Crippen LogP contribution is -2.50. The van der Waals surface area contributed by atoms with Gasteiger partial charge in [-0.1, -0.05) is 6.07 Å². The van der Waals surface area contributed by atoms with Crippen LogP contribution in [0.4, 0.5) is 5.82 Å². The summed E-state index contributed by atoms with van der Waals surface area (Å²) in [6, 6.07) is 5.92. The van der Waals surface area contributed by atoms with Crippen molar-refractivity contribution in [1.29, 1.82) is 0 Å². The molecule has 0 unspecified atom stereocenters. The van der Waals surface area contributed by atoms with Crippen LogP contribution in [0.25, 0.3) is 0 Å². The minimum Gasteiger partial charge on any atom is -0.481 e. The zero-order chi connectivity index (χ0) is 12.3. The molecule has 0 radical (unpaired) electrons. The van der Waals surface area contributed by atoms with Gasteiger partial charge in [0.2, 0.25) is 5.88 Å². The number of hydrogen-bond donors (Lipinski definition) is 1. The molecule has 2 rings (SSSR count). The Morgan fingerprint density at radius 3 is 2.65 bits per heavy atom. The molecule has 0 spiro atoms. The molecular weight excluding hydrogens is 214 g/mol. The molecule has 0 atom stereocenters. The summed E-state index contributed by atoms with van der Waals surface area (Å²) in [5.74, 6) is 1.70. The molecule has 0 bridgehead atoms. The van der Waals surface area contributed by atoms with Crippen LogP contribution in [0.1, 0.15) is 19.8 Å². The summed E-state index contributed by atoms with van der Waals surface area (Å²) < 4.78 is 5.16. The van der Waals surface area contributed by atoms with Gasteiger partial charge in [-0.3, -0.25) is 0 Å². The summed E-state index contributed by atoms with van der Waals surface area (Å²) in [5, 5.41) is 3.40. The van der Waals surface area contributed by atoms with Crippen LogP contribution in [0, 0.1) is 0 Å². The highest BCUT2D eigenvalue weighted by atomic mass is 16.5. The molecule has 1 saturated heterocycles. The van der Waals surface area contributed by atoms with Gasteiger partial charge >= 0.3 is 0 Å². The van der Waals surface area contributed by atoms with Crippen LogP contribution in [0.2, 0.25) is 0 Å². The van der Waals surface area contributed by atoms with E-state index < -0.39 is 0 Å². The fourth-order valence-electron chi connectivity index (χ4n) is 2.17. The van der Waals surface area contributed by atoms with Gasteiger partial charge in [-0.15, -0.1) is 0 Å². The minimum atomic E-state index is 0.273. The SMILES string of the molecule is CNC1(C)CCN(c2cccc(OC)n2)CC1. The maximum Gasteiger partial charge on any atom is 0.214 e. The predicted molar refractivity (Wildman–Crippen MR) is 69.7 cm³/mol. The largest absolute Gasteiger partial charge is 0.481 e. The Morgan fingerprint density at radius 2 is 2.06 bits per heavy atom. The van der Waals surface area contributed by atoms with E-state index in [9.17, 15) is 0 Å². The van der Waals surface area contributed by atoms with Crippen molar-refractivity contribution >= 4 is 5.82 Å². The number of anilines is 1. The second-order valence-corrected chi connectivity index (χ2v) is 4.84. The molecule has 94 valence electrons. The third kappa shape index (κ3) is 2.69. The highest BCUT2D eigenvalue weighted by Crippen LogP contribution is 2.25. The Morgan fingerprint density at radius 1 is 1.35 bits per heavy atom. The number of pyridine rings is 1.